The molecule has 0 aromatic rings. The Balaban J connectivity index is 1.58. The first-order valence-corrected chi connectivity index (χ1v) is 40.5. The molecule has 14 nitrogen and oxygen atoms in total. The lowest BCUT2D eigenvalue weighted by molar-refractivity contribution is -0.359. The van der Waals surface area contributed by atoms with Crippen LogP contribution in [0.2, 0.25) is 0 Å². The molecule has 2 heterocycles. The van der Waals surface area contributed by atoms with E-state index in [1.54, 1.807) is 0 Å². The zero-order valence-corrected chi connectivity index (χ0v) is 61.6. The van der Waals surface area contributed by atoms with Crippen molar-refractivity contribution in [3.05, 3.63) is 60.8 Å². The van der Waals surface area contributed by atoms with Gasteiger partial charge in [-0.3, -0.25) is 4.79 Å². The summed E-state index contributed by atoms with van der Waals surface area (Å²) >= 11 is 0. The second kappa shape index (κ2) is 66.0. The van der Waals surface area contributed by atoms with E-state index in [9.17, 15) is 45.6 Å². The van der Waals surface area contributed by atoms with Crippen molar-refractivity contribution in [2.24, 2.45) is 0 Å². The van der Waals surface area contributed by atoms with Crippen molar-refractivity contribution in [2.75, 3.05) is 19.8 Å². The summed E-state index contributed by atoms with van der Waals surface area (Å²) in [4.78, 5) is 13.4. The highest BCUT2D eigenvalue weighted by atomic mass is 16.7. The number of rotatable bonds is 68. The fourth-order valence-corrected chi connectivity index (χ4v) is 13.4. The lowest BCUT2D eigenvalue weighted by Gasteiger charge is -2.46. The molecule has 2 fully saturated rings. The highest BCUT2D eigenvalue weighted by Crippen LogP contribution is 2.30. The Morgan fingerprint density at radius 2 is 0.719 bits per heavy atom. The van der Waals surface area contributed by atoms with Gasteiger partial charge in [0.1, 0.15) is 48.8 Å². The number of allylic oxidation sites excluding steroid dienone is 10. The summed E-state index contributed by atoms with van der Waals surface area (Å²) in [7, 11) is 0. The van der Waals surface area contributed by atoms with Crippen molar-refractivity contribution >= 4 is 5.91 Å². The molecule has 12 atom stereocenters. The highest BCUT2D eigenvalue weighted by Gasteiger charge is 2.51. The fraction of sp³-hybridized carbons (Fsp3) is 0.866. The molecule has 562 valence electrons. The van der Waals surface area contributed by atoms with Crippen molar-refractivity contribution in [1.29, 1.82) is 0 Å². The lowest BCUT2D eigenvalue weighted by Crippen LogP contribution is -2.65. The molecule has 0 bridgehead atoms. The number of ether oxygens (including phenoxy) is 4. The van der Waals surface area contributed by atoms with E-state index >= 15 is 0 Å². The van der Waals surface area contributed by atoms with E-state index in [2.05, 4.69) is 79.9 Å². The standard InChI is InChI=1S/C82H151NO13/c1-3-5-7-9-11-13-15-17-19-21-23-25-27-29-30-31-32-33-34-35-36-37-38-39-40-42-44-46-48-50-52-54-56-58-60-62-64-66-74(87)83-70(69-93-81-79(92)77(90)80(73(68-85)95-81)96-82-78(91)76(89)75(88)72(67-84)94-82)71(86)65-63-61-59-57-55-53-51-49-47-45-43-41-28-26-24-22-20-18-16-14-12-10-8-6-4-2/h5,7,11,13,17,19,23,25,29-30,70-73,75-82,84-86,88-92H,3-4,6,8-10,12,14-16,18,20-22,24,26-28,31-69H2,1-2H3,(H,83,87)/b7-5-,13-11-,19-17-,25-23-,30-29-. The Kier molecular flexibility index (Phi) is 61.7. The first-order valence-electron chi connectivity index (χ1n) is 40.5. The maximum atomic E-state index is 13.4. The van der Waals surface area contributed by atoms with Gasteiger partial charge in [0.2, 0.25) is 5.91 Å². The molecular formula is C82H151NO13. The van der Waals surface area contributed by atoms with Gasteiger partial charge in [-0.2, -0.15) is 0 Å². The number of hydrogen-bond donors (Lipinski definition) is 9. The third-order valence-corrected chi connectivity index (χ3v) is 19.7. The van der Waals surface area contributed by atoms with Gasteiger partial charge in [0.15, 0.2) is 12.6 Å². The minimum absolute atomic E-state index is 0.200. The van der Waals surface area contributed by atoms with Crippen LogP contribution >= 0.6 is 0 Å². The quantitative estimate of drug-likeness (QED) is 0.0204. The average molecular weight is 1360 g/mol. The number of aliphatic hydroxyl groups is 8. The van der Waals surface area contributed by atoms with Crippen molar-refractivity contribution in [3.63, 3.8) is 0 Å². The Labute approximate surface area is 587 Å². The van der Waals surface area contributed by atoms with E-state index in [0.717, 1.165) is 83.5 Å². The number of unbranched alkanes of at least 4 members (excludes halogenated alkanes) is 45. The molecule has 2 rings (SSSR count). The number of carbonyl (C=O) groups excluding carboxylic acids is 1. The lowest BCUT2D eigenvalue weighted by atomic mass is 9.97. The molecule has 0 radical (unpaired) electrons. The van der Waals surface area contributed by atoms with Crippen LogP contribution in [0.5, 0.6) is 0 Å². The summed E-state index contributed by atoms with van der Waals surface area (Å²) in [6.07, 6.45) is 72.6. The second-order valence-corrected chi connectivity index (χ2v) is 28.5. The van der Waals surface area contributed by atoms with Gasteiger partial charge in [-0.25, -0.2) is 0 Å². The van der Waals surface area contributed by atoms with Crippen LogP contribution in [0.1, 0.15) is 361 Å². The van der Waals surface area contributed by atoms with Gasteiger partial charge >= 0.3 is 0 Å². The van der Waals surface area contributed by atoms with Crippen LogP contribution in [0.25, 0.3) is 0 Å². The predicted molar refractivity (Wildman–Crippen MR) is 397 cm³/mol. The Hall–Kier alpha value is -2.31. The minimum Gasteiger partial charge on any atom is -0.394 e. The first-order chi connectivity index (χ1) is 47.1. The Morgan fingerprint density at radius 1 is 0.385 bits per heavy atom. The molecule has 9 N–H and O–H groups in total. The molecule has 0 aliphatic carbocycles. The molecule has 1 amide bonds. The van der Waals surface area contributed by atoms with Crippen molar-refractivity contribution in [1.82, 2.24) is 5.32 Å². The van der Waals surface area contributed by atoms with Gasteiger partial charge in [0.25, 0.3) is 0 Å². The summed E-state index contributed by atoms with van der Waals surface area (Å²) in [5.74, 6) is -0.200. The topological polar surface area (TPSA) is 228 Å². The van der Waals surface area contributed by atoms with Crippen LogP contribution in [0, 0.1) is 0 Å². The van der Waals surface area contributed by atoms with Crippen LogP contribution in [0.3, 0.4) is 0 Å². The number of carbonyl (C=O) groups is 1. The maximum Gasteiger partial charge on any atom is 0.220 e. The third kappa shape index (κ3) is 48.5. The molecule has 2 aliphatic rings. The summed E-state index contributed by atoms with van der Waals surface area (Å²) in [6, 6.07) is -0.830. The zero-order chi connectivity index (χ0) is 69.4. The molecule has 2 saturated heterocycles. The summed E-state index contributed by atoms with van der Waals surface area (Å²) < 4.78 is 23.0. The van der Waals surface area contributed by atoms with Crippen LogP contribution in [-0.4, -0.2) is 140 Å². The van der Waals surface area contributed by atoms with Crippen LogP contribution in [0.4, 0.5) is 0 Å². The van der Waals surface area contributed by atoms with Gasteiger partial charge in [0.05, 0.1) is 32.0 Å². The summed E-state index contributed by atoms with van der Waals surface area (Å²) in [5.41, 5.74) is 0. The summed E-state index contributed by atoms with van der Waals surface area (Å²) in [6.45, 7) is 2.81. The normalized spacial score (nSPS) is 22.5. The van der Waals surface area contributed by atoms with Gasteiger partial charge in [0, 0.05) is 6.42 Å². The van der Waals surface area contributed by atoms with Crippen molar-refractivity contribution in [2.45, 2.75) is 434 Å². The molecular weight excluding hydrogens is 1210 g/mol. The average Bonchev–Trinajstić information content (AvgIpc) is 0.857. The van der Waals surface area contributed by atoms with Crippen molar-refractivity contribution < 1.29 is 64.6 Å². The van der Waals surface area contributed by atoms with E-state index in [1.807, 2.05) is 0 Å². The molecule has 0 aromatic heterocycles. The monoisotopic (exact) mass is 1360 g/mol. The largest absolute Gasteiger partial charge is 0.394 e. The number of amides is 1. The summed E-state index contributed by atoms with van der Waals surface area (Å²) in [5, 5.41) is 87.9. The van der Waals surface area contributed by atoms with E-state index in [-0.39, 0.29) is 12.5 Å². The second-order valence-electron chi connectivity index (χ2n) is 28.5. The van der Waals surface area contributed by atoms with Crippen molar-refractivity contribution in [3.8, 4) is 0 Å². The van der Waals surface area contributed by atoms with Crippen LogP contribution < -0.4 is 5.32 Å². The Bertz CT molecular complexity index is 1840. The number of nitrogens with one attached hydrogen (secondary N) is 1. The van der Waals surface area contributed by atoms with Gasteiger partial charge in [-0.05, 0) is 57.8 Å². The Morgan fingerprint density at radius 3 is 1.10 bits per heavy atom. The zero-order valence-electron chi connectivity index (χ0n) is 61.6. The molecule has 96 heavy (non-hydrogen) atoms. The smallest absolute Gasteiger partial charge is 0.220 e. The SMILES string of the molecule is CC/C=C\C/C=C\C/C=C\C/C=C\C/C=C\CCCCCCCCCCCCCCCCCCCCCCCC(=O)NC(COC1OC(CO)C(OC2OC(CO)C(O)C(O)C2O)C(O)C1O)C(O)CCCCCCCCCCCCCCCCCCCCCCCCCCC. The van der Waals surface area contributed by atoms with E-state index in [0.29, 0.717) is 12.8 Å². The number of hydrogen-bond acceptors (Lipinski definition) is 13. The number of aliphatic hydroxyl groups excluding tert-OH is 8. The molecule has 0 aromatic carbocycles. The fourth-order valence-electron chi connectivity index (χ4n) is 13.4. The van der Waals surface area contributed by atoms with Gasteiger partial charge < -0.3 is 65.1 Å². The predicted octanol–water partition coefficient (Wildman–Crippen LogP) is 18.4. The minimum atomic E-state index is -1.78. The van der Waals surface area contributed by atoms with E-state index < -0.39 is 86.8 Å². The molecule has 0 spiro atoms. The molecule has 0 saturated carbocycles. The molecule has 12 unspecified atom stereocenters. The highest BCUT2D eigenvalue weighted by molar-refractivity contribution is 5.76. The molecule has 2 aliphatic heterocycles. The maximum absolute atomic E-state index is 13.4. The third-order valence-electron chi connectivity index (χ3n) is 19.7. The van der Waals surface area contributed by atoms with E-state index in [4.69, 9.17) is 18.9 Å². The van der Waals surface area contributed by atoms with E-state index in [1.165, 1.54) is 250 Å². The van der Waals surface area contributed by atoms with Crippen LogP contribution in [-0.2, 0) is 23.7 Å². The van der Waals surface area contributed by atoms with Crippen LogP contribution in [0.15, 0.2) is 60.8 Å². The molecule has 14 heteroatoms. The van der Waals surface area contributed by atoms with Gasteiger partial charge in [-0.1, -0.05) is 357 Å². The first kappa shape index (κ1) is 89.8. The van der Waals surface area contributed by atoms with Gasteiger partial charge in [-0.15, -0.1) is 0 Å².